The molecule has 1 aromatic heterocycles. The van der Waals surface area contributed by atoms with E-state index in [0.29, 0.717) is 16.0 Å². The second kappa shape index (κ2) is 9.50. The fraction of sp³-hybridized carbons (Fsp3) is 0.0870. The summed E-state index contributed by atoms with van der Waals surface area (Å²) in [5.41, 5.74) is 1.12. The number of halogens is 3. The Morgan fingerprint density at radius 3 is 2.28 bits per heavy atom. The van der Waals surface area contributed by atoms with Crippen LogP contribution in [0.5, 0.6) is 0 Å². The van der Waals surface area contributed by atoms with Crippen molar-refractivity contribution in [3.8, 4) is 17.1 Å². The van der Waals surface area contributed by atoms with Gasteiger partial charge in [0.2, 0.25) is 5.91 Å². The molecule has 1 amide bonds. The first-order valence-corrected chi connectivity index (χ1v) is 10.9. The molecule has 162 valence electrons. The van der Waals surface area contributed by atoms with Crippen LogP contribution in [0.1, 0.15) is 6.92 Å². The predicted molar refractivity (Wildman–Crippen MR) is 122 cm³/mol. The number of nitrogens with zero attached hydrogens (tertiary/aromatic N) is 3. The summed E-state index contributed by atoms with van der Waals surface area (Å²) >= 11 is 7.14. The van der Waals surface area contributed by atoms with Crippen molar-refractivity contribution in [3.05, 3.63) is 89.5 Å². The number of benzene rings is 3. The first-order valence-electron chi connectivity index (χ1n) is 9.62. The Hall–Kier alpha value is -3.23. The second-order valence-corrected chi connectivity index (χ2v) is 8.57. The number of rotatable bonds is 6. The molecule has 0 spiro atoms. The van der Waals surface area contributed by atoms with Crippen molar-refractivity contribution < 1.29 is 13.6 Å². The number of anilines is 1. The Morgan fingerprint density at radius 1 is 0.969 bits per heavy atom. The van der Waals surface area contributed by atoms with Gasteiger partial charge in [0.05, 0.1) is 5.25 Å². The molecule has 0 bridgehead atoms. The van der Waals surface area contributed by atoms with Gasteiger partial charge in [-0.1, -0.05) is 47.6 Å². The smallest absolute Gasteiger partial charge is 0.237 e. The number of hydrogen-bond donors (Lipinski definition) is 1. The van der Waals surface area contributed by atoms with Gasteiger partial charge in [-0.05, 0) is 55.5 Å². The van der Waals surface area contributed by atoms with E-state index in [9.17, 15) is 13.6 Å². The molecule has 1 N–H and O–H groups in total. The second-order valence-electron chi connectivity index (χ2n) is 6.83. The van der Waals surface area contributed by atoms with Crippen molar-refractivity contribution >= 4 is 35.0 Å². The molecule has 0 radical (unpaired) electrons. The minimum Gasteiger partial charge on any atom is -0.320 e. The minimum atomic E-state index is -0.840. The lowest BCUT2D eigenvalue weighted by Crippen LogP contribution is -2.24. The summed E-state index contributed by atoms with van der Waals surface area (Å²) in [6.45, 7) is 1.63. The fourth-order valence-corrected chi connectivity index (χ4v) is 3.99. The molecule has 4 rings (SSSR count). The predicted octanol–water partition coefficient (Wildman–Crippen LogP) is 5.99. The Balaban J connectivity index is 1.65. The van der Waals surface area contributed by atoms with Crippen molar-refractivity contribution in [2.24, 2.45) is 0 Å². The molecular weight excluding hydrogens is 454 g/mol. The molecule has 0 saturated carbocycles. The number of amides is 1. The summed E-state index contributed by atoms with van der Waals surface area (Å²) in [7, 11) is 0. The van der Waals surface area contributed by atoms with Gasteiger partial charge in [-0.25, -0.2) is 8.78 Å². The van der Waals surface area contributed by atoms with Crippen LogP contribution in [0.4, 0.5) is 14.5 Å². The van der Waals surface area contributed by atoms with Crippen LogP contribution in [0.25, 0.3) is 17.1 Å². The lowest BCUT2D eigenvalue weighted by atomic mass is 10.2. The standard InChI is InChI=1S/C23H17ClF2N4OS/c1-14(22(31)27-20-18(25)8-5-9-19(20)26)32-23-29-28-21(15-10-12-16(24)13-11-15)30(23)17-6-3-2-4-7-17/h2-14H,1H3,(H,27,31). The number of carbonyl (C=O) groups is 1. The number of carbonyl (C=O) groups excluding carboxylic acids is 1. The Labute approximate surface area is 192 Å². The van der Waals surface area contributed by atoms with Crippen molar-refractivity contribution in [3.63, 3.8) is 0 Å². The topological polar surface area (TPSA) is 59.8 Å². The lowest BCUT2D eigenvalue weighted by Gasteiger charge is -2.14. The third-order valence-corrected chi connectivity index (χ3v) is 5.91. The van der Waals surface area contributed by atoms with Crippen LogP contribution >= 0.6 is 23.4 Å². The van der Waals surface area contributed by atoms with E-state index >= 15 is 0 Å². The maximum atomic E-state index is 13.9. The zero-order valence-electron chi connectivity index (χ0n) is 16.8. The van der Waals surface area contributed by atoms with E-state index in [1.807, 2.05) is 47.0 Å². The quantitative estimate of drug-likeness (QED) is 0.352. The maximum Gasteiger partial charge on any atom is 0.237 e. The molecule has 0 aliphatic rings. The molecule has 1 atom stereocenters. The summed E-state index contributed by atoms with van der Waals surface area (Å²) in [6.07, 6.45) is 0. The zero-order valence-corrected chi connectivity index (χ0v) is 18.4. The van der Waals surface area contributed by atoms with Gasteiger partial charge in [0, 0.05) is 16.3 Å². The number of aromatic nitrogens is 3. The highest BCUT2D eigenvalue weighted by Crippen LogP contribution is 2.31. The summed E-state index contributed by atoms with van der Waals surface area (Å²) < 4.78 is 29.6. The number of nitrogens with one attached hydrogen (secondary N) is 1. The fourth-order valence-electron chi connectivity index (χ4n) is 3.00. The molecule has 1 unspecified atom stereocenters. The van der Waals surface area contributed by atoms with Crippen LogP contribution < -0.4 is 5.32 Å². The van der Waals surface area contributed by atoms with Gasteiger partial charge < -0.3 is 5.32 Å². The molecule has 3 aromatic carbocycles. The summed E-state index contributed by atoms with van der Waals surface area (Å²) in [5.74, 6) is -1.67. The first-order chi connectivity index (χ1) is 15.4. The maximum absolute atomic E-state index is 13.9. The van der Waals surface area contributed by atoms with Crippen molar-refractivity contribution in [2.75, 3.05) is 5.32 Å². The Bertz CT molecular complexity index is 1230. The normalized spacial score (nSPS) is 11.9. The van der Waals surface area contributed by atoms with Crippen LogP contribution in [-0.2, 0) is 4.79 Å². The van der Waals surface area contributed by atoms with Crippen LogP contribution in [0, 0.1) is 11.6 Å². The zero-order chi connectivity index (χ0) is 22.7. The van der Waals surface area contributed by atoms with Gasteiger partial charge in [-0.2, -0.15) is 0 Å². The number of para-hydroxylation sites is 2. The van der Waals surface area contributed by atoms with Crippen LogP contribution in [0.3, 0.4) is 0 Å². The monoisotopic (exact) mass is 470 g/mol. The van der Waals surface area contributed by atoms with Crippen LogP contribution in [0.2, 0.25) is 5.02 Å². The highest BCUT2D eigenvalue weighted by molar-refractivity contribution is 8.00. The van der Waals surface area contributed by atoms with Crippen LogP contribution in [-0.4, -0.2) is 25.9 Å². The van der Waals surface area contributed by atoms with Crippen molar-refractivity contribution in [2.45, 2.75) is 17.3 Å². The van der Waals surface area contributed by atoms with E-state index in [1.165, 1.54) is 6.07 Å². The summed E-state index contributed by atoms with van der Waals surface area (Å²) in [6, 6.07) is 20.0. The van der Waals surface area contributed by atoms with Crippen molar-refractivity contribution in [1.82, 2.24) is 14.8 Å². The highest BCUT2D eigenvalue weighted by Gasteiger charge is 2.23. The van der Waals surface area contributed by atoms with Crippen molar-refractivity contribution in [1.29, 1.82) is 0 Å². The summed E-state index contributed by atoms with van der Waals surface area (Å²) in [4.78, 5) is 12.6. The van der Waals surface area contributed by atoms with Gasteiger partial charge in [-0.3, -0.25) is 9.36 Å². The van der Waals surface area contributed by atoms with Gasteiger partial charge in [0.1, 0.15) is 17.3 Å². The molecule has 1 heterocycles. The largest absolute Gasteiger partial charge is 0.320 e. The third kappa shape index (κ3) is 4.66. The molecule has 0 fully saturated rings. The van der Waals surface area contributed by atoms with E-state index in [1.54, 1.807) is 19.1 Å². The van der Waals surface area contributed by atoms with E-state index in [4.69, 9.17) is 11.6 Å². The average Bonchev–Trinajstić information content (AvgIpc) is 3.20. The average molecular weight is 471 g/mol. The summed E-state index contributed by atoms with van der Waals surface area (Å²) in [5, 5.41) is 11.2. The van der Waals surface area contributed by atoms with E-state index in [0.717, 1.165) is 35.1 Å². The van der Waals surface area contributed by atoms with Gasteiger partial charge in [0.25, 0.3) is 0 Å². The first kappa shape index (κ1) is 22.0. The molecular formula is C23H17ClF2N4OS. The molecule has 32 heavy (non-hydrogen) atoms. The molecule has 9 heteroatoms. The van der Waals surface area contributed by atoms with Gasteiger partial charge >= 0.3 is 0 Å². The van der Waals surface area contributed by atoms with E-state index in [2.05, 4.69) is 15.5 Å². The van der Waals surface area contributed by atoms with E-state index < -0.39 is 28.5 Å². The van der Waals surface area contributed by atoms with Gasteiger partial charge in [0.15, 0.2) is 11.0 Å². The Kier molecular flexibility index (Phi) is 6.53. The van der Waals surface area contributed by atoms with Gasteiger partial charge in [-0.15, -0.1) is 10.2 Å². The molecule has 4 aromatic rings. The Morgan fingerprint density at radius 2 is 1.62 bits per heavy atom. The van der Waals surface area contributed by atoms with Crippen LogP contribution in [0.15, 0.2) is 78.0 Å². The minimum absolute atomic E-state index is 0.456. The van der Waals surface area contributed by atoms with E-state index in [-0.39, 0.29) is 0 Å². The third-order valence-electron chi connectivity index (χ3n) is 4.61. The molecule has 0 saturated heterocycles. The molecule has 5 nitrogen and oxygen atoms in total. The number of hydrogen-bond acceptors (Lipinski definition) is 4. The number of thioether (sulfide) groups is 1. The highest BCUT2D eigenvalue weighted by atomic mass is 35.5. The SMILES string of the molecule is CC(Sc1nnc(-c2ccc(Cl)cc2)n1-c1ccccc1)C(=O)Nc1c(F)cccc1F. The molecule has 0 aliphatic carbocycles. The molecule has 0 aliphatic heterocycles. The lowest BCUT2D eigenvalue weighted by molar-refractivity contribution is -0.115.